The van der Waals surface area contributed by atoms with E-state index >= 15 is 0 Å². The first kappa shape index (κ1) is 19.9. The summed E-state index contributed by atoms with van der Waals surface area (Å²) in [5.74, 6) is -0.394. The lowest BCUT2D eigenvalue weighted by molar-refractivity contribution is -0.120. The maximum absolute atomic E-state index is 12.7. The molecular formula is C22H27N3O3. The van der Waals surface area contributed by atoms with Crippen LogP contribution in [0.25, 0.3) is 0 Å². The van der Waals surface area contributed by atoms with E-state index in [0.717, 1.165) is 41.3 Å². The van der Waals surface area contributed by atoms with Crippen LogP contribution < -0.4 is 15.1 Å². The Balaban J connectivity index is 1.75. The van der Waals surface area contributed by atoms with Crippen molar-refractivity contribution in [2.24, 2.45) is 0 Å². The molecule has 2 aromatic rings. The fourth-order valence-electron chi connectivity index (χ4n) is 3.27. The van der Waals surface area contributed by atoms with E-state index in [9.17, 15) is 9.59 Å². The zero-order chi connectivity index (χ0) is 20.1. The average Bonchev–Trinajstić information content (AvgIpc) is 2.69. The van der Waals surface area contributed by atoms with E-state index in [4.69, 9.17) is 4.74 Å². The van der Waals surface area contributed by atoms with Gasteiger partial charge in [0.15, 0.2) is 0 Å². The summed E-state index contributed by atoms with van der Waals surface area (Å²) in [5.41, 5.74) is 4.68. The number of nitrogens with zero attached hydrogens (tertiary/aromatic N) is 2. The third kappa shape index (κ3) is 4.70. The maximum atomic E-state index is 12.7. The van der Waals surface area contributed by atoms with Gasteiger partial charge in [0.25, 0.3) is 0 Å². The van der Waals surface area contributed by atoms with Crippen LogP contribution in [0.3, 0.4) is 0 Å². The molecule has 1 saturated heterocycles. The van der Waals surface area contributed by atoms with Crippen LogP contribution in [-0.4, -0.2) is 44.7 Å². The minimum atomic E-state index is -0.228. The Morgan fingerprint density at radius 3 is 2.46 bits per heavy atom. The van der Waals surface area contributed by atoms with Crippen LogP contribution in [0.5, 0.6) is 0 Å². The molecule has 6 heteroatoms. The van der Waals surface area contributed by atoms with Gasteiger partial charge in [-0.25, -0.2) is 0 Å². The van der Waals surface area contributed by atoms with Gasteiger partial charge in [-0.15, -0.1) is 0 Å². The van der Waals surface area contributed by atoms with E-state index in [1.807, 2.05) is 56.3 Å². The molecular weight excluding hydrogens is 354 g/mol. The number of rotatable bonds is 5. The van der Waals surface area contributed by atoms with Crippen molar-refractivity contribution in [2.75, 3.05) is 48.0 Å². The first-order valence-corrected chi connectivity index (χ1v) is 9.52. The van der Waals surface area contributed by atoms with Gasteiger partial charge in [0, 0.05) is 25.7 Å². The number of hydrogen-bond donors (Lipinski definition) is 1. The number of anilines is 3. The summed E-state index contributed by atoms with van der Waals surface area (Å²) < 4.78 is 5.41. The predicted molar refractivity (Wildman–Crippen MR) is 112 cm³/mol. The molecule has 0 atom stereocenters. The maximum Gasteiger partial charge on any atom is 0.244 e. The van der Waals surface area contributed by atoms with Crippen molar-refractivity contribution in [3.63, 3.8) is 0 Å². The topological polar surface area (TPSA) is 61.9 Å². The van der Waals surface area contributed by atoms with Gasteiger partial charge < -0.3 is 19.9 Å². The number of hydrogen-bond acceptors (Lipinski definition) is 4. The number of carbonyl (C=O) groups excluding carboxylic acids is 2. The molecule has 6 nitrogen and oxygen atoms in total. The molecule has 0 bridgehead atoms. The van der Waals surface area contributed by atoms with E-state index in [2.05, 4.69) is 10.2 Å². The van der Waals surface area contributed by atoms with E-state index in [1.54, 1.807) is 0 Å². The molecule has 2 aromatic carbocycles. The Morgan fingerprint density at radius 2 is 1.79 bits per heavy atom. The van der Waals surface area contributed by atoms with Crippen molar-refractivity contribution in [1.82, 2.24) is 0 Å². The summed E-state index contributed by atoms with van der Waals surface area (Å²) in [6.07, 6.45) is 0. The monoisotopic (exact) mass is 381 g/mol. The van der Waals surface area contributed by atoms with E-state index < -0.39 is 0 Å². The molecule has 0 aromatic heterocycles. The number of amides is 2. The number of nitrogens with one attached hydrogen (secondary N) is 1. The average molecular weight is 381 g/mol. The summed E-state index contributed by atoms with van der Waals surface area (Å²) in [6.45, 7) is 8.38. The third-order valence-electron chi connectivity index (χ3n) is 5.01. The van der Waals surface area contributed by atoms with Gasteiger partial charge in [0.05, 0.1) is 24.6 Å². The van der Waals surface area contributed by atoms with Crippen molar-refractivity contribution in [3.8, 4) is 0 Å². The Bertz CT molecular complexity index is 860. The van der Waals surface area contributed by atoms with Crippen LogP contribution in [0.2, 0.25) is 0 Å². The van der Waals surface area contributed by atoms with Gasteiger partial charge in [-0.2, -0.15) is 0 Å². The SMILES string of the molecule is CC(=O)N(CC(=O)Nc1ccccc1N1CCOCC1)c1ccc(C)c(C)c1. The van der Waals surface area contributed by atoms with Gasteiger partial charge in [-0.1, -0.05) is 18.2 Å². The van der Waals surface area contributed by atoms with Gasteiger partial charge >= 0.3 is 0 Å². The van der Waals surface area contributed by atoms with Crippen LogP contribution in [0, 0.1) is 13.8 Å². The number of para-hydroxylation sites is 2. The quantitative estimate of drug-likeness (QED) is 0.864. The van der Waals surface area contributed by atoms with Crippen molar-refractivity contribution in [3.05, 3.63) is 53.6 Å². The minimum absolute atomic E-state index is 0.0325. The number of aryl methyl sites for hydroxylation is 2. The molecule has 2 amide bonds. The van der Waals surface area contributed by atoms with Crippen LogP contribution in [-0.2, 0) is 14.3 Å². The van der Waals surface area contributed by atoms with E-state index in [-0.39, 0.29) is 18.4 Å². The van der Waals surface area contributed by atoms with Gasteiger partial charge in [0.1, 0.15) is 6.54 Å². The van der Waals surface area contributed by atoms with Gasteiger partial charge in [-0.05, 0) is 49.2 Å². The highest BCUT2D eigenvalue weighted by molar-refractivity contribution is 6.03. The second kappa shape index (κ2) is 8.89. The molecule has 0 saturated carbocycles. The molecule has 1 fully saturated rings. The van der Waals surface area contributed by atoms with Crippen molar-refractivity contribution >= 4 is 28.9 Å². The third-order valence-corrected chi connectivity index (χ3v) is 5.01. The van der Waals surface area contributed by atoms with Crippen molar-refractivity contribution in [2.45, 2.75) is 20.8 Å². The lowest BCUT2D eigenvalue weighted by Crippen LogP contribution is -2.38. The zero-order valence-electron chi connectivity index (χ0n) is 16.7. The zero-order valence-corrected chi connectivity index (χ0v) is 16.7. The van der Waals surface area contributed by atoms with E-state index in [0.29, 0.717) is 13.2 Å². The minimum Gasteiger partial charge on any atom is -0.378 e. The van der Waals surface area contributed by atoms with Crippen LogP contribution in [0.4, 0.5) is 17.1 Å². The summed E-state index contributed by atoms with van der Waals surface area (Å²) in [7, 11) is 0. The van der Waals surface area contributed by atoms with Crippen molar-refractivity contribution in [1.29, 1.82) is 0 Å². The number of carbonyl (C=O) groups is 2. The fraction of sp³-hybridized carbons (Fsp3) is 0.364. The number of morpholine rings is 1. The first-order chi connectivity index (χ1) is 13.5. The lowest BCUT2D eigenvalue weighted by Gasteiger charge is -2.30. The Morgan fingerprint density at radius 1 is 1.07 bits per heavy atom. The molecule has 0 radical (unpaired) electrons. The highest BCUT2D eigenvalue weighted by Gasteiger charge is 2.19. The molecule has 1 heterocycles. The number of ether oxygens (including phenoxy) is 1. The van der Waals surface area contributed by atoms with E-state index in [1.165, 1.54) is 11.8 Å². The summed E-state index contributed by atoms with van der Waals surface area (Å²) in [5, 5.41) is 2.97. The van der Waals surface area contributed by atoms with Gasteiger partial charge in [-0.3, -0.25) is 9.59 Å². The molecule has 148 valence electrons. The Kier molecular flexibility index (Phi) is 6.31. The highest BCUT2D eigenvalue weighted by Crippen LogP contribution is 2.26. The Hall–Kier alpha value is -2.86. The molecule has 0 unspecified atom stereocenters. The predicted octanol–water partition coefficient (Wildman–Crippen LogP) is 3.13. The molecule has 1 aliphatic heterocycles. The first-order valence-electron chi connectivity index (χ1n) is 9.52. The summed E-state index contributed by atoms with van der Waals surface area (Å²) in [4.78, 5) is 28.6. The normalized spacial score (nSPS) is 13.9. The van der Waals surface area contributed by atoms with Crippen LogP contribution >= 0.6 is 0 Å². The summed E-state index contributed by atoms with van der Waals surface area (Å²) in [6, 6.07) is 13.5. The molecule has 0 aliphatic carbocycles. The number of benzene rings is 2. The molecule has 3 rings (SSSR count). The molecule has 1 N–H and O–H groups in total. The largest absolute Gasteiger partial charge is 0.378 e. The van der Waals surface area contributed by atoms with Crippen LogP contribution in [0.15, 0.2) is 42.5 Å². The second-order valence-electron chi connectivity index (χ2n) is 7.04. The standard InChI is InChI=1S/C22H27N3O3/c1-16-8-9-19(14-17(16)2)25(18(3)26)15-22(27)23-20-6-4-5-7-21(20)24-10-12-28-13-11-24/h4-9,14H,10-13,15H2,1-3H3,(H,23,27). The summed E-state index contributed by atoms with van der Waals surface area (Å²) >= 11 is 0. The van der Waals surface area contributed by atoms with Crippen LogP contribution in [0.1, 0.15) is 18.1 Å². The fourth-order valence-corrected chi connectivity index (χ4v) is 3.27. The lowest BCUT2D eigenvalue weighted by atomic mass is 10.1. The molecule has 0 spiro atoms. The van der Waals surface area contributed by atoms with Gasteiger partial charge in [0.2, 0.25) is 11.8 Å². The molecule has 1 aliphatic rings. The van der Waals surface area contributed by atoms with Crippen molar-refractivity contribution < 1.29 is 14.3 Å². The smallest absolute Gasteiger partial charge is 0.244 e. The highest BCUT2D eigenvalue weighted by atomic mass is 16.5. The Labute approximate surface area is 166 Å². The second-order valence-corrected chi connectivity index (χ2v) is 7.04. The molecule has 28 heavy (non-hydrogen) atoms.